The van der Waals surface area contributed by atoms with E-state index in [4.69, 9.17) is 4.74 Å². The van der Waals surface area contributed by atoms with Crippen molar-refractivity contribution < 1.29 is 14.6 Å². The van der Waals surface area contributed by atoms with Gasteiger partial charge in [0.15, 0.2) is 5.78 Å². The summed E-state index contributed by atoms with van der Waals surface area (Å²) in [6.45, 7) is 9.29. The maximum absolute atomic E-state index is 12.9. The zero-order valence-corrected chi connectivity index (χ0v) is 17.9. The smallest absolute Gasteiger partial charge is 0.162 e. The predicted molar refractivity (Wildman–Crippen MR) is 107 cm³/mol. The van der Waals surface area contributed by atoms with Gasteiger partial charge in [-0.1, -0.05) is 13.8 Å². The van der Waals surface area contributed by atoms with Crippen molar-refractivity contribution in [2.75, 3.05) is 6.61 Å². The summed E-state index contributed by atoms with van der Waals surface area (Å²) in [4.78, 5) is 12.9. The monoisotopic (exact) mass is 376 g/mol. The molecular weight excluding hydrogens is 336 g/mol. The van der Waals surface area contributed by atoms with Crippen molar-refractivity contribution in [3.05, 3.63) is 0 Å². The van der Waals surface area contributed by atoms with Crippen molar-refractivity contribution in [3.63, 3.8) is 0 Å². The number of fused-ring (bicyclic) bond motifs is 5. The number of Topliss-reactive ketones (excluding diaryl/α,β-unsaturated/α-hetero) is 1. The van der Waals surface area contributed by atoms with E-state index in [1.54, 1.807) is 0 Å². The van der Waals surface area contributed by atoms with Crippen molar-refractivity contribution in [1.29, 1.82) is 0 Å². The number of hydrogen-bond donors (Lipinski definition) is 1. The SMILES string of the molecule is CC(C)OCC(=O)[C@H]1CC[C@H]2[C@@H]3CC[C@H]4C[C@H](O)CC[C@]4(C)[C@H]3CC[C@]12C. The Morgan fingerprint density at radius 3 is 2.44 bits per heavy atom. The van der Waals surface area contributed by atoms with Crippen LogP contribution >= 0.6 is 0 Å². The molecule has 3 nitrogen and oxygen atoms in total. The van der Waals surface area contributed by atoms with Crippen LogP contribution in [0.5, 0.6) is 0 Å². The van der Waals surface area contributed by atoms with Gasteiger partial charge in [0.1, 0.15) is 6.61 Å². The van der Waals surface area contributed by atoms with Gasteiger partial charge in [0.2, 0.25) is 0 Å². The van der Waals surface area contributed by atoms with Crippen LogP contribution < -0.4 is 0 Å². The Hall–Kier alpha value is -0.410. The highest BCUT2D eigenvalue weighted by molar-refractivity contribution is 5.83. The summed E-state index contributed by atoms with van der Waals surface area (Å²) in [5.41, 5.74) is 0.613. The lowest BCUT2D eigenvalue weighted by Crippen LogP contribution is -2.54. The molecule has 0 spiro atoms. The van der Waals surface area contributed by atoms with Gasteiger partial charge in [-0.15, -0.1) is 0 Å². The second-order valence-corrected chi connectivity index (χ2v) is 11.1. The van der Waals surface area contributed by atoms with Gasteiger partial charge in [0, 0.05) is 5.92 Å². The van der Waals surface area contributed by atoms with Gasteiger partial charge in [0.05, 0.1) is 12.2 Å². The minimum Gasteiger partial charge on any atom is -0.393 e. The number of carbonyl (C=O) groups excluding carboxylic acids is 1. The number of aliphatic hydroxyl groups excluding tert-OH is 1. The third-order valence-electron chi connectivity index (χ3n) is 9.59. The molecule has 0 radical (unpaired) electrons. The quantitative estimate of drug-likeness (QED) is 0.751. The Labute approximate surface area is 165 Å². The Balaban J connectivity index is 1.51. The van der Waals surface area contributed by atoms with Crippen LogP contribution in [0, 0.1) is 40.4 Å². The Morgan fingerprint density at radius 2 is 1.70 bits per heavy atom. The van der Waals surface area contributed by atoms with Crippen LogP contribution in [-0.2, 0) is 9.53 Å². The van der Waals surface area contributed by atoms with E-state index in [0.29, 0.717) is 29.6 Å². The van der Waals surface area contributed by atoms with Gasteiger partial charge in [-0.05, 0) is 106 Å². The molecule has 4 aliphatic rings. The van der Waals surface area contributed by atoms with Gasteiger partial charge < -0.3 is 9.84 Å². The summed E-state index contributed by atoms with van der Waals surface area (Å²) in [5, 5.41) is 10.2. The lowest BCUT2D eigenvalue weighted by molar-refractivity contribution is -0.143. The third-order valence-corrected chi connectivity index (χ3v) is 9.59. The molecule has 0 unspecified atom stereocenters. The number of aliphatic hydroxyl groups is 1. The van der Waals surface area contributed by atoms with E-state index >= 15 is 0 Å². The van der Waals surface area contributed by atoms with Crippen LogP contribution in [0.25, 0.3) is 0 Å². The molecule has 0 aromatic rings. The molecule has 4 rings (SSSR count). The molecule has 0 bridgehead atoms. The molecule has 0 aromatic carbocycles. The van der Waals surface area contributed by atoms with E-state index < -0.39 is 0 Å². The first-order valence-corrected chi connectivity index (χ1v) is 11.6. The molecule has 27 heavy (non-hydrogen) atoms. The van der Waals surface area contributed by atoms with E-state index in [1.807, 2.05) is 13.8 Å². The van der Waals surface area contributed by atoms with E-state index in [-0.39, 0.29) is 23.5 Å². The fraction of sp³-hybridized carbons (Fsp3) is 0.958. The minimum absolute atomic E-state index is 0.0667. The van der Waals surface area contributed by atoms with Crippen molar-refractivity contribution in [3.8, 4) is 0 Å². The summed E-state index contributed by atoms with van der Waals surface area (Å²) in [6.07, 6.45) is 10.7. The topological polar surface area (TPSA) is 46.5 Å². The first-order chi connectivity index (χ1) is 12.8. The fourth-order valence-electron chi connectivity index (χ4n) is 8.11. The molecule has 0 saturated heterocycles. The Kier molecular flexibility index (Phi) is 5.25. The standard InChI is InChI=1S/C24H40O3/c1-15(2)27-14-22(26)21-8-7-19-18-6-5-16-13-17(25)9-11-23(16,3)20(18)10-12-24(19,21)4/h15-21,25H,5-14H2,1-4H3/t16-,17+,18-,19-,20-,21+,23-,24-/m0/s1. The maximum atomic E-state index is 12.9. The number of hydrogen-bond acceptors (Lipinski definition) is 3. The number of ether oxygens (including phenoxy) is 1. The molecule has 0 aliphatic heterocycles. The second kappa shape index (κ2) is 7.13. The van der Waals surface area contributed by atoms with Crippen LogP contribution in [-0.4, -0.2) is 29.7 Å². The molecule has 154 valence electrons. The highest BCUT2D eigenvalue weighted by atomic mass is 16.5. The number of ketones is 1. The Morgan fingerprint density at radius 1 is 1.00 bits per heavy atom. The van der Waals surface area contributed by atoms with Crippen LogP contribution in [0.15, 0.2) is 0 Å². The van der Waals surface area contributed by atoms with Crippen LogP contribution in [0.2, 0.25) is 0 Å². The second-order valence-electron chi connectivity index (χ2n) is 11.1. The van der Waals surface area contributed by atoms with Crippen LogP contribution in [0.4, 0.5) is 0 Å². The largest absolute Gasteiger partial charge is 0.393 e. The minimum atomic E-state index is -0.0667. The first-order valence-electron chi connectivity index (χ1n) is 11.6. The summed E-state index contributed by atoms with van der Waals surface area (Å²) < 4.78 is 5.67. The lowest BCUT2D eigenvalue weighted by Gasteiger charge is -2.60. The van der Waals surface area contributed by atoms with Gasteiger partial charge in [0.25, 0.3) is 0 Å². The van der Waals surface area contributed by atoms with Gasteiger partial charge in [-0.3, -0.25) is 4.79 Å². The number of rotatable bonds is 4. The number of carbonyl (C=O) groups is 1. The lowest BCUT2D eigenvalue weighted by atomic mass is 9.44. The molecule has 4 fully saturated rings. The Bertz CT molecular complexity index is 572. The van der Waals surface area contributed by atoms with E-state index in [9.17, 15) is 9.90 Å². The zero-order chi connectivity index (χ0) is 19.4. The summed E-state index contributed by atoms with van der Waals surface area (Å²) in [5.74, 6) is 3.60. The first kappa shape index (κ1) is 19.9. The van der Waals surface area contributed by atoms with Crippen LogP contribution in [0.1, 0.15) is 85.5 Å². The molecule has 3 heteroatoms. The normalized spacial score (nSPS) is 49.4. The molecule has 4 aliphatic carbocycles. The zero-order valence-electron chi connectivity index (χ0n) is 17.9. The van der Waals surface area contributed by atoms with Crippen molar-refractivity contribution in [2.45, 2.75) is 97.7 Å². The third kappa shape index (κ3) is 3.21. The molecule has 4 saturated carbocycles. The molecule has 0 heterocycles. The molecular formula is C24H40O3. The van der Waals surface area contributed by atoms with Crippen molar-refractivity contribution in [2.24, 2.45) is 40.4 Å². The average Bonchev–Trinajstić information content (AvgIpc) is 2.97. The summed E-state index contributed by atoms with van der Waals surface area (Å²) in [6, 6.07) is 0. The van der Waals surface area contributed by atoms with E-state index in [0.717, 1.165) is 31.1 Å². The van der Waals surface area contributed by atoms with Crippen molar-refractivity contribution >= 4 is 5.78 Å². The predicted octanol–water partition coefficient (Wildman–Crippen LogP) is 5.00. The summed E-state index contributed by atoms with van der Waals surface area (Å²) in [7, 11) is 0. The molecule has 8 atom stereocenters. The van der Waals surface area contributed by atoms with Crippen LogP contribution in [0.3, 0.4) is 0 Å². The van der Waals surface area contributed by atoms with E-state index in [2.05, 4.69) is 13.8 Å². The molecule has 0 aromatic heterocycles. The highest BCUT2D eigenvalue weighted by Gasteiger charge is 2.61. The van der Waals surface area contributed by atoms with Gasteiger partial charge in [-0.25, -0.2) is 0 Å². The highest BCUT2D eigenvalue weighted by Crippen LogP contribution is 2.67. The molecule has 0 amide bonds. The summed E-state index contributed by atoms with van der Waals surface area (Å²) >= 11 is 0. The maximum Gasteiger partial charge on any atom is 0.162 e. The van der Waals surface area contributed by atoms with Crippen molar-refractivity contribution in [1.82, 2.24) is 0 Å². The van der Waals surface area contributed by atoms with Gasteiger partial charge in [-0.2, -0.15) is 0 Å². The van der Waals surface area contributed by atoms with E-state index in [1.165, 1.54) is 38.5 Å². The fourth-order valence-corrected chi connectivity index (χ4v) is 8.11. The van der Waals surface area contributed by atoms with Gasteiger partial charge >= 0.3 is 0 Å². The average molecular weight is 377 g/mol. The molecule has 1 N–H and O–H groups in total.